The predicted molar refractivity (Wildman–Crippen MR) is 115 cm³/mol. The number of nitrogens with zero attached hydrogens (tertiary/aromatic N) is 1. The van der Waals surface area contributed by atoms with Crippen LogP contribution in [0.5, 0.6) is 0 Å². The van der Waals surface area contributed by atoms with Crippen molar-refractivity contribution in [2.75, 3.05) is 7.05 Å². The Bertz CT molecular complexity index is 911. The van der Waals surface area contributed by atoms with Gasteiger partial charge in [0.1, 0.15) is 6.04 Å². The quantitative estimate of drug-likeness (QED) is 0.633. The van der Waals surface area contributed by atoms with Crippen molar-refractivity contribution in [2.24, 2.45) is 0 Å². The first-order valence-corrected chi connectivity index (χ1v) is 9.83. The molecule has 1 N–H and O–H groups in total. The van der Waals surface area contributed by atoms with Crippen molar-refractivity contribution >= 4 is 11.8 Å². The summed E-state index contributed by atoms with van der Waals surface area (Å²) in [6.07, 6.45) is 0.984. The van der Waals surface area contributed by atoms with Gasteiger partial charge in [-0.15, -0.1) is 0 Å². The molecule has 0 aliphatic rings. The minimum absolute atomic E-state index is 0.0461. The number of likely N-dealkylation sites (N-methyl/N-ethyl adjacent to an activating group) is 1. The predicted octanol–water partition coefficient (Wildman–Crippen LogP) is 4.14. The molecule has 1 unspecified atom stereocenters. The lowest BCUT2D eigenvalue weighted by Crippen LogP contribution is -2.42. The third kappa shape index (κ3) is 5.55. The summed E-state index contributed by atoms with van der Waals surface area (Å²) >= 11 is 0. The van der Waals surface area contributed by atoms with Gasteiger partial charge in [0.25, 0.3) is 0 Å². The summed E-state index contributed by atoms with van der Waals surface area (Å²) in [5.41, 5.74) is 2.90. The SMILES string of the molecule is CNC(=O)C(c1ccccc1)N(Cc1ccccc1)C(=O)CCc1ccccc1. The zero-order chi connectivity index (χ0) is 20.5. The molecule has 2 amide bonds. The largest absolute Gasteiger partial charge is 0.357 e. The fourth-order valence-corrected chi connectivity index (χ4v) is 3.39. The van der Waals surface area contributed by atoms with E-state index in [9.17, 15) is 9.59 Å². The van der Waals surface area contributed by atoms with E-state index in [1.807, 2.05) is 91.0 Å². The van der Waals surface area contributed by atoms with Gasteiger partial charge >= 0.3 is 0 Å². The molecular weight excluding hydrogens is 360 g/mol. The van der Waals surface area contributed by atoms with Gasteiger partial charge in [-0.1, -0.05) is 91.0 Å². The van der Waals surface area contributed by atoms with Crippen molar-refractivity contribution in [3.8, 4) is 0 Å². The van der Waals surface area contributed by atoms with Gasteiger partial charge in [-0.2, -0.15) is 0 Å². The van der Waals surface area contributed by atoms with E-state index in [0.717, 1.165) is 16.7 Å². The summed E-state index contributed by atoms with van der Waals surface area (Å²) in [4.78, 5) is 27.8. The fraction of sp³-hybridized carbons (Fsp3) is 0.200. The topological polar surface area (TPSA) is 49.4 Å². The zero-order valence-corrected chi connectivity index (χ0v) is 16.6. The highest BCUT2D eigenvalue weighted by Crippen LogP contribution is 2.25. The molecule has 3 aromatic carbocycles. The third-order valence-corrected chi connectivity index (χ3v) is 4.91. The van der Waals surface area contributed by atoms with Crippen molar-refractivity contribution in [3.05, 3.63) is 108 Å². The number of aryl methyl sites for hydroxylation is 1. The van der Waals surface area contributed by atoms with E-state index in [1.165, 1.54) is 0 Å². The normalized spacial score (nSPS) is 11.5. The van der Waals surface area contributed by atoms with Gasteiger partial charge in [0.05, 0.1) is 0 Å². The minimum atomic E-state index is -0.676. The summed E-state index contributed by atoms with van der Waals surface area (Å²) in [5, 5.41) is 2.73. The molecule has 29 heavy (non-hydrogen) atoms. The Morgan fingerprint density at radius 2 is 1.31 bits per heavy atom. The highest BCUT2D eigenvalue weighted by molar-refractivity contribution is 5.88. The van der Waals surface area contributed by atoms with Gasteiger partial charge in [0.2, 0.25) is 11.8 Å². The van der Waals surface area contributed by atoms with Gasteiger partial charge in [0, 0.05) is 20.0 Å². The molecule has 0 spiro atoms. The van der Waals surface area contributed by atoms with Crippen molar-refractivity contribution in [3.63, 3.8) is 0 Å². The van der Waals surface area contributed by atoms with E-state index in [-0.39, 0.29) is 11.8 Å². The molecule has 0 radical (unpaired) electrons. The molecule has 0 fully saturated rings. The zero-order valence-electron chi connectivity index (χ0n) is 16.6. The Labute approximate surface area is 172 Å². The van der Waals surface area contributed by atoms with Gasteiger partial charge in [-0.05, 0) is 23.1 Å². The third-order valence-electron chi connectivity index (χ3n) is 4.91. The maximum Gasteiger partial charge on any atom is 0.247 e. The Morgan fingerprint density at radius 1 is 0.793 bits per heavy atom. The molecule has 0 bridgehead atoms. The fourth-order valence-electron chi connectivity index (χ4n) is 3.39. The highest BCUT2D eigenvalue weighted by Gasteiger charge is 2.30. The molecule has 0 aromatic heterocycles. The van der Waals surface area contributed by atoms with Crippen LogP contribution in [0.4, 0.5) is 0 Å². The molecule has 0 aliphatic heterocycles. The number of hydrogen-bond donors (Lipinski definition) is 1. The smallest absolute Gasteiger partial charge is 0.247 e. The molecule has 4 nitrogen and oxygen atoms in total. The number of rotatable bonds is 8. The minimum Gasteiger partial charge on any atom is -0.357 e. The second-order valence-corrected chi connectivity index (χ2v) is 6.92. The molecule has 0 saturated heterocycles. The van der Waals surface area contributed by atoms with Crippen LogP contribution in [-0.2, 0) is 22.6 Å². The van der Waals surface area contributed by atoms with Crippen LogP contribution in [-0.4, -0.2) is 23.8 Å². The van der Waals surface area contributed by atoms with Crippen LogP contribution >= 0.6 is 0 Å². The molecule has 0 heterocycles. The Kier molecular flexibility index (Phi) is 7.17. The average molecular weight is 386 g/mol. The molecule has 4 heteroatoms. The Morgan fingerprint density at radius 3 is 1.86 bits per heavy atom. The molecule has 3 aromatic rings. The van der Waals surface area contributed by atoms with Crippen molar-refractivity contribution in [1.29, 1.82) is 0 Å². The maximum absolute atomic E-state index is 13.3. The van der Waals surface area contributed by atoms with E-state index in [2.05, 4.69) is 5.32 Å². The first-order valence-electron chi connectivity index (χ1n) is 9.83. The van der Waals surface area contributed by atoms with E-state index in [1.54, 1.807) is 11.9 Å². The average Bonchev–Trinajstić information content (AvgIpc) is 2.79. The monoisotopic (exact) mass is 386 g/mol. The molecule has 0 saturated carbocycles. The van der Waals surface area contributed by atoms with Crippen LogP contribution < -0.4 is 5.32 Å². The lowest BCUT2D eigenvalue weighted by atomic mass is 10.0. The number of hydrogen-bond acceptors (Lipinski definition) is 2. The van der Waals surface area contributed by atoms with Crippen molar-refractivity contribution < 1.29 is 9.59 Å². The second kappa shape index (κ2) is 10.2. The van der Waals surface area contributed by atoms with Crippen LogP contribution in [0, 0.1) is 0 Å². The maximum atomic E-state index is 13.3. The van der Waals surface area contributed by atoms with Gasteiger partial charge in [-0.3, -0.25) is 9.59 Å². The molecular formula is C25H26N2O2. The molecule has 148 valence electrons. The lowest BCUT2D eigenvalue weighted by molar-refractivity contribution is -0.141. The Balaban J connectivity index is 1.89. The van der Waals surface area contributed by atoms with E-state index < -0.39 is 6.04 Å². The number of benzene rings is 3. The number of amides is 2. The van der Waals surface area contributed by atoms with E-state index in [0.29, 0.717) is 19.4 Å². The van der Waals surface area contributed by atoms with Gasteiger partial charge in [0.15, 0.2) is 0 Å². The van der Waals surface area contributed by atoms with Gasteiger partial charge in [-0.25, -0.2) is 0 Å². The number of carbonyl (C=O) groups excluding carboxylic acids is 2. The van der Waals surface area contributed by atoms with Crippen LogP contribution in [0.15, 0.2) is 91.0 Å². The summed E-state index contributed by atoms with van der Waals surface area (Å²) in [6, 6.07) is 28.5. The number of nitrogens with one attached hydrogen (secondary N) is 1. The van der Waals surface area contributed by atoms with Crippen LogP contribution in [0.1, 0.15) is 29.2 Å². The first kappa shape index (κ1) is 20.3. The van der Waals surface area contributed by atoms with Gasteiger partial charge < -0.3 is 10.2 Å². The summed E-state index contributed by atoms with van der Waals surface area (Å²) in [7, 11) is 1.60. The van der Waals surface area contributed by atoms with E-state index >= 15 is 0 Å². The summed E-state index contributed by atoms with van der Waals surface area (Å²) < 4.78 is 0. The molecule has 0 aliphatic carbocycles. The van der Waals surface area contributed by atoms with Crippen molar-refractivity contribution in [1.82, 2.24) is 10.2 Å². The summed E-state index contributed by atoms with van der Waals surface area (Å²) in [5.74, 6) is -0.240. The standard InChI is InChI=1S/C25H26N2O2/c1-26-25(29)24(22-15-9-4-10-16-22)27(19-21-13-7-3-8-14-21)23(28)18-17-20-11-5-2-6-12-20/h2-16,24H,17-19H2,1H3,(H,26,29). The van der Waals surface area contributed by atoms with Crippen molar-refractivity contribution in [2.45, 2.75) is 25.4 Å². The van der Waals surface area contributed by atoms with Crippen LogP contribution in [0.2, 0.25) is 0 Å². The molecule has 3 rings (SSSR count). The Hall–Kier alpha value is -3.40. The number of carbonyl (C=O) groups is 2. The van der Waals surface area contributed by atoms with Crippen LogP contribution in [0.3, 0.4) is 0 Å². The van der Waals surface area contributed by atoms with E-state index in [4.69, 9.17) is 0 Å². The second-order valence-electron chi connectivity index (χ2n) is 6.92. The first-order chi connectivity index (χ1) is 14.2. The van der Waals surface area contributed by atoms with Crippen LogP contribution in [0.25, 0.3) is 0 Å². The lowest BCUT2D eigenvalue weighted by Gasteiger charge is -2.31. The highest BCUT2D eigenvalue weighted by atomic mass is 16.2. The summed E-state index contributed by atoms with van der Waals surface area (Å²) in [6.45, 7) is 0.376. The molecule has 1 atom stereocenters.